The van der Waals surface area contributed by atoms with E-state index in [2.05, 4.69) is 5.32 Å². The molecular formula is C16H15F2NO3S. The van der Waals surface area contributed by atoms with Crippen LogP contribution in [-0.4, -0.2) is 26.6 Å². The van der Waals surface area contributed by atoms with Gasteiger partial charge in [-0.05, 0) is 36.2 Å². The number of halogens is 2. The lowest BCUT2D eigenvalue weighted by Crippen LogP contribution is -2.25. The van der Waals surface area contributed by atoms with Gasteiger partial charge < -0.3 is 5.32 Å². The maximum Gasteiger partial charge on any atom is 0.341 e. The molecule has 0 aliphatic rings. The molecule has 0 bridgehead atoms. The van der Waals surface area contributed by atoms with Crippen molar-refractivity contribution in [3.8, 4) is 0 Å². The fourth-order valence-electron chi connectivity index (χ4n) is 1.97. The van der Waals surface area contributed by atoms with Gasteiger partial charge in [-0.3, -0.25) is 4.79 Å². The van der Waals surface area contributed by atoms with Crippen molar-refractivity contribution in [1.82, 2.24) is 5.32 Å². The highest BCUT2D eigenvalue weighted by atomic mass is 32.2. The monoisotopic (exact) mass is 339 g/mol. The highest BCUT2D eigenvalue weighted by molar-refractivity contribution is 7.91. The van der Waals surface area contributed by atoms with Crippen LogP contribution in [0.5, 0.6) is 0 Å². The summed E-state index contributed by atoms with van der Waals surface area (Å²) in [7, 11) is -4.64. The lowest BCUT2D eigenvalue weighted by Gasteiger charge is -2.07. The van der Waals surface area contributed by atoms with E-state index in [0.717, 1.165) is 17.7 Å². The second-order valence-electron chi connectivity index (χ2n) is 4.82. The molecule has 0 atom stereocenters. The Morgan fingerprint density at radius 1 is 1.00 bits per heavy atom. The van der Waals surface area contributed by atoms with Crippen LogP contribution in [-0.2, 0) is 16.3 Å². The molecule has 7 heteroatoms. The fourth-order valence-corrected chi connectivity index (χ4v) is 2.69. The Hall–Kier alpha value is -2.28. The quantitative estimate of drug-likeness (QED) is 0.880. The summed E-state index contributed by atoms with van der Waals surface area (Å²) in [6, 6.07) is 14.0. The Labute approximate surface area is 133 Å². The molecule has 0 fully saturated rings. The number of hydrogen-bond donors (Lipinski definition) is 1. The van der Waals surface area contributed by atoms with Crippen LogP contribution in [0.15, 0.2) is 59.5 Å². The lowest BCUT2D eigenvalue weighted by atomic mass is 10.1. The minimum Gasteiger partial charge on any atom is -0.352 e. The van der Waals surface area contributed by atoms with Crippen LogP contribution in [0.3, 0.4) is 0 Å². The molecule has 1 N–H and O–H groups in total. The van der Waals surface area contributed by atoms with Crippen molar-refractivity contribution in [3.63, 3.8) is 0 Å². The molecule has 122 valence electrons. The average molecular weight is 339 g/mol. The largest absolute Gasteiger partial charge is 0.352 e. The third kappa shape index (κ3) is 4.35. The Morgan fingerprint density at radius 3 is 2.17 bits per heavy atom. The third-order valence-corrected chi connectivity index (χ3v) is 4.62. The van der Waals surface area contributed by atoms with Gasteiger partial charge >= 0.3 is 5.76 Å². The first-order valence-corrected chi connectivity index (χ1v) is 8.40. The maximum atomic E-state index is 12.4. The minimum absolute atomic E-state index is 0.214. The first-order chi connectivity index (χ1) is 10.9. The molecule has 0 unspecified atom stereocenters. The molecule has 4 nitrogen and oxygen atoms in total. The lowest BCUT2D eigenvalue weighted by molar-refractivity contribution is 0.0954. The van der Waals surface area contributed by atoms with E-state index in [1.165, 1.54) is 12.1 Å². The molecule has 0 spiro atoms. The second-order valence-corrected chi connectivity index (χ2v) is 6.74. The van der Waals surface area contributed by atoms with Crippen molar-refractivity contribution in [1.29, 1.82) is 0 Å². The number of hydrogen-bond acceptors (Lipinski definition) is 3. The summed E-state index contributed by atoms with van der Waals surface area (Å²) >= 11 is 0. The number of nitrogens with one attached hydrogen (secondary N) is 1. The maximum absolute atomic E-state index is 12.4. The molecule has 2 aromatic carbocycles. The predicted octanol–water partition coefficient (Wildman–Crippen LogP) is 2.66. The summed E-state index contributed by atoms with van der Waals surface area (Å²) in [6.45, 7) is 0.417. The Balaban J connectivity index is 1.95. The molecule has 0 aliphatic heterocycles. The van der Waals surface area contributed by atoms with Gasteiger partial charge in [0.05, 0.1) is 4.90 Å². The number of alkyl halides is 2. The molecule has 1 amide bonds. The van der Waals surface area contributed by atoms with Crippen molar-refractivity contribution < 1.29 is 22.0 Å². The van der Waals surface area contributed by atoms with Crippen molar-refractivity contribution in [2.45, 2.75) is 17.1 Å². The fraction of sp³-hybridized carbons (Fsp3) is 0.188. The zero-order valence-corrected chi connectivity index (χ0v) is 12.9. The van der Waals surface area contributed by atoms with Crippen LogP contribution in [0.2, 0.25) is 0 Å². The molecule has 0 aromatic heterocycles. The summed E-state index contributed by atoms with van der Waals surface area (Å²) in [5.41, 5.74) is 1.29. The van der Waals surface area contributed by atoms with Gasteiger partial charge in [-0.2, -0.15) is 8.78 Å². The number of amides is 1. The van der Waals surface area contributed by atoms with E-state index in [-0.39, 0.29) is 11.5 Å². The van der Waals surface area contributed by atoms with Gasteiger partial charge in [0, 0.05) is 12.1 Å². The molecule has 0 saturated heterocycles. The summed E-state index contributed by atoms with van der Waals surface area (Å²) < 4.78 is 47.4. The first kappa shape index (κ1) is 17.1. The van der Waals surface area contributed by atoms with E-state index in [1.54, 1.807) is 0 Å². The van der Waals surface area contributed by atoms with Gasteiger partial charge in [0.25, 0.3) is 5.91 Å². The molecule has 0 radical (unpaired) electrons. The minimum atomic E-state index is -4.64. The summed E-state index contributed by atoms with van der Waals surface area (Å²) in [4.78, 5) is 11.4. The van der Waals surface area contributed by atoms with Crippen molar-refractivity contribution in [2.75, 3.05) is 6.54 Å². The summed E-state index contributed by atoms with van der Waals surface area (Å²) in [5.74, 6) is -3.87. The molecule has 2 rings (SSSR count). The second kappa shape index (κ2) is 7.32. The number of sulfone groups is 1. The van der Waals surface area contributed by atoms with Crippen molar-refractivity contribution >= 4 is 15.7 Å². The number of carbonyl (C=O) groups excluding carboxylic acids is 1. The molecule has 0 aliphatic carbocycles. The highest BCUT2D eigenvalue weighted by Crippen LogP contribution is 2.18. The van der Waals surface area contributed by atoms with Crippen LogP contribution >= 0.6 is 0 Å². The van der Waals surface area contributed by atoms with Gasteiger partial charge in [0.2, 0.25) is 9.84 Å². The van der Waals surface area contributed by atoms with Gasteiger partial charge in [-0.25, -0.2) is 8.42 Å². The number of rotatable bonds is 6. The first-order valence-electron chi connectivity index (χ1n) is 6.85. The zero-order valence-electron chi connectivity index (χ0n) is 12.1. The Bertz CT molecular complexity index is 760. The van der Waals surface area contributed by atoms with E-state index in [0.29, 0.717) is 13.0 Å². The molecule has 23 heavy (non-hydrogen) atoms. The summed E-state index contributed by atoms with van der Waals surface area (Å²) in [5, 5.41) is 2.69. The topological polar surface area (TPSA) is 63.2 Å². The van der Waals surface area contributed by atoms with Crippen molar-refractivity contribution in [3.05, 3.63) is 65.7 Å². The van der Waals surface area contributed by atoms with Crippen LogP contribution in [0, 0.1) is 0 Å². The van der Waals surface area contributed by atoms with E-state index in [1.807, 2.05) is 30.3 Å². The van der Waals surface area contributed by atoms with Gasteiger partial charge in [-0.1, -0.05) is 30.3 Å². The van der Waals surface area contributed by atoms with Crippen LogP contribution < -0.4 is 5.32 Å². The molecular weight excluding hydrogens is 324 g/mol. The standard InChI is InChI=1S/C16H15F2NO3S/c17-16(18)23(21,22)14-8-6-13(7-9-14)15(20)19-11-10-12-4-2-1-3-5-12/h1-9,16H,10-11H2,(H,19,20). The smallest absolute Gasteiger partial charge is 0.341 e. The van der Waals surface area contributed by atoms with E-state index >= 15 is 0 Å². The molecule has 0 saturated carbocycles. The zero-order chi connectivity index (χ0) is 16.9. The predicted molar refractivity (Wildman–Crippen MR) is 82.1 cm³/mol. The van der Waals surface area contributed by atoms with Gasteiger partial charge in [0.1, 0.15) is 0 Å². The van der Waals surface area contributed by atoms with Crippen LogP contribution in [0.25, 0.3) is 0 Å². The van der Waals surface area contributed by atoms with Gasteiger partial charge in [-0.15, -0.1) is 0 Å². The molecule has 2 aromatic rings. The van der Waals surface area contributed by atoms with E-state index in [4.69, 9.17) is 0 Å². The Kier molecular flexibility index (Phi) is 5.44. The number of benzene rings is 2. The highest BCUT2D eigenvalue weighted by Gasteiger charge is 2.26. The average Bonchev–Trinajstić information content (AvgIpc) is 2.55. The van der Waals surface area contributed by atoms with Crippen LogP contribution in [0.1, 0.15) is 15.9 Å². The van der Waals surface area contributed by atoms with E-state index < -0.39 is 20.5 Å². The normalized spacial score (nSPS) is 11.4. The van der Waals surface area contributed by atoms with E-state index in [9.17, 15) is 22.0 Å². The number of carbonyl (C=O) groups is 1. The Morgan fingerprint density at radius 2 is 1.61 bits per heavy atom. The van der Waals surface area contributed by atoms with Crippen LogP contribution in [0.4, 0.5) is 8.78 Å². The summed E-state index contributed by atoms with van der Waals surface area (Å²) in [6.07, 6.45) is 0.657. The van der Waals surface area contributed by atoms with Crippen molar-refractivity contribution in [2.24, 2.45) is 0 Å². The molecule has 0 heterocycles. The third-order valence-electron chi connectivity index (χ3n) is 3.22. The van der Waals surface area contributed by atoms with Gasteiger partial charge in [0.15, 0.2) is 0 Å². The SMILES string of the molecule is O=C(NCCc1ccccc1)c1ccc(S(=O)(=O)C(F)F)cc1.